The topological polar surface area (TPSA) is 77.6 Å². The van der Waals surface area contributed by atoms with Crippen LogP contribution in [0.3, 0.4) is 0 Å². The molecule has 9 heteroatoms. The first-order valence-electron chi connectivity index (χ1n) is 13.1. The molecule has 2 aromatic carbocycles. The zero-order valence-electron chi connectivity index (χ0n) is 24.2. The monoisotopic (exact) mass is 525 g/mol. The zero-order chi connectivity index (χ0) is 28.2. The molecule has 0 bridgehead atoms. The summed E-state index contributed by atoms with van der Waals surface area (Å²) in [6.45, 7) is 8.04. The highest BCUT2D eigenvalue weighted by Crippen LogP contribution is 2.51. The van der Waals surface area contributed by atoms with E-state index in [2.05, 4.69) is 48.0 Å². The molecule has 4 rings (SSSR count). The molecule has 1 saturated heterocycles. The van der Waals surface area contributed by atoms with Crippen LogP contribution >= 0.6 is 0 Å². The van der Waals surface area contributed by atoms with Crippen LogP contribution in [0.25, 0.3) is 0 Å². The van der Waals surface area contributed by atoms with Crippen molar-refractivity contribution >= 4 is 17.9 Å². The maximum atomic E-state index is 11.7. The maximum Gasteiger partial charge on any atom is 0.414 e. The van der Waals surface area contributed by atoms with Crippen molar-refractivity contribution in [2.45, 2.75) is 44.8 Å². The Kier molecular flexibility index (Phi) is 9.27. The molecule has 2 aliphatic rings. The first kappa shape index (κ1) is 29.3. The van der Waals surface area contributed by atoms with Gasteiger partial charge >= 0.3 is 12.2 Å². The molecule has 2 aliphatic heterocycles. The summed E-state index contributed by atoms with van der Waals surface area (Å²) in [5.74, 6) is 1.19. The first-order chi connectivity index (χ1) is 17.9. The Labute approximate surface area is 227 Å². The third kappa shape index (κ3) is 6.05. The highest BCUT2D eigenvalue weighted by Gasteiger charge is 2.52. The van der Waals surface area contributed by atoms with E-state index >= 15 is 0 Å². The van der Waals surface area contributed by atoms with Gasteiger partial charge in [-0.25, -0.2) is 9.59 Å². The van der Waals surface area contributed by atoms with Crippen molar-refractivity contribution in [2.24, 2.45) is 0 Å². The lowest BCUT2D eigenvalue weighted by atomic mass is 9.81. The molecule has 0 aliphatic carbocycles. The Hall–Kier alpha value is -3.30. The van der Waals surface area contributed by atoms with E-state index in [9.17, 15) is 9.59 Å². The second-order valence-electron chi connectivity index (χ2n) is 10.5. The van der Waals surface area contributed by atoms with Gasteiger partial charge in [-0.15, -0.1) is 0 Å². The van der Waals surface area contributed by atoms with Gasteiger partial charge in [0.1, 0.15) is 11.5 Å². The van der Waals surface area contributed by atoms with Crippen molar-refractivity contribution in [2.75, 3.05) is 60.3 Å². The van der Waals surface area contributed by atoms with Gasteiger partial charge in [0.2, 0.25) is 0 Å². The van der Waals surface area contributed by atoms with Crippen molar-refractivity contribution in [1.29, 1.82) is 0 Å². The third-order valence-corrected chi connectivity index (χ3v) is 7.82. The summed E-state index contributed by atoms with van der Waals surface area (Å²) in [6.07, 6.45) is 0.746. The Bertz CT molecular complexity index is 1140. The third-order valence-electron chi connectivity index (χ3n) is 7.82. The van der Waals surface area contributed by atoms with Crippen molar-refractivity contribution in [3.05, 3.63) is 53.6 Å². The second-order valence-corrected chi connectivity index (χ2v) is 10.5. The quantitative estimate of drug-likeness (QED) is 0.614. The average Bonchev–Trinajstić information content (AvgIpc) is 3.33. The van der Waals surface area contributed by atoms with Crippen LogP contribution < -0.4 is 19.7 Å². The first-order valence-corrected chi connectivity index (χ1v) is 13.1. The maximum absolute atomic E-state index is 11.7. The van der Waals surface area contributed by atoms with E-state index in [1.807, 2.05) is 57.4 Å². The van der Waals surface area contributed by atoms with Gasteiger partial charge in [-0.3, -0.25) is 4.90 Å². The summed E-state index contributed by atoms with van der Waals surface area (Å²) in [6, 6.07) is 13.8. The predicted molar refractivity (Wildman–Crippen MR) is 151 cm³/mol. The fourth-order valence-corrected chi connectivity index (χ4v) is 5.22. The number of nitrogens with zero attached hydrogens (tertiary/aromatic N) is 4. The average molecular weight is 526 g/mol. The van der Waals surface area contributed by atoms with Crippen LogP contribution in [-0.2, 0) is 5.41 Å². The van der Waals surface area contributed by atoms with E-state index in [1.165, 1.54) is 16.2 Å². The summed E-state index contributed by atoms with van der Waals surface area (Å²) in [5.41, 5.74) is 3.73. The second kappa shape index (κ2) is 12.0. The molecule has 3 atom stereocenters. The minimum Gasteiger partial charge on any atom is -0.410 e. The summed E-state index contributed by atoms with van der Waals surface area (Å²) < 4.78 is 10.6. The molecular formula is C29H43N5O4. The van der Waals surface area contributed by atoms with E-state index in [-0.39, 0.29) is 17.6 Å². The predicted octanol–water partition coefficient (Wildman–Crippen LogP) is 4.53. The molecule has 9 nitrogen and oxygen atoms in total. The van der Waals surface area contributed by atoms with Gasteiger partial charge in [-0.05, 0) is 82.9 Å². The standard InChI is InChI=1S/C15H21N3O2.C14H22N2O2/c1-15-7-8-17(3)13(15)18(4)12-6-5-10(9-11(12)15)20-14(19)16-2;1-6-16(5)14(17)18-13-9-7-8-12(10-13)11(2)15(3)4/h5-6,9,13H,7-8H2,1-4H3,(H,16,19);7-11H,6H2,1-5H3/t13-,15+;11-/m10/s1. The molecule has 38 heavy (non-hydrogen) atoms. The number of benzene rings is 2. The van der Waals surface area contributed by atoms with Crippen LogP contribution in [-0.4, -0.2) is 88.4 Å². The number of hydrogen-bond acceptors (Lipinski definition) is 7. The number of rotatable bonds is 5. The number of likely N-dealkylation sites (N-methyl/N-ethyl adjacent to an activating group) is 2. The summed E-state index contributed by atoms with van der Waals surface area (Å²) in [4.78, 5) is 31.4. The molecule has 0 saturated carbocycles. The van der Waals surface area contributed by atoms with Crippen LogP contribution in [0, 0.1) is 0 Å². The fourth-order valence-electron chi connectivity index (χ4n) is 5.22. The lowest BCUT2D eigenvalue weighted by Crippen LogP contribution is -2.45. The van der Waals surface area contributed by atoms with Gasteiger partial charge < -0.3 is 29.5 Å². The Morgan fingerprint density at radius 2 is 1.79 bits per heavy atom. The molecule has 0 unspecified atom stereocenters. The Morgan fingerprint density at radius 3 is 2.42 bits per heavy atom. The largest absolute Gasteiger partial charge is 0.414 e. The van der Waals surface area contributed by atoms with Crippen molar-refractivity contribution in [3.8, 4) is 11.5 Å². The molecule has 0 aromatic heterocycles. The minimum absolute atomic E-state index is 0.0981. The number of fused-ring (bicyclic) bond motifs is 3. The van der Waals surface area contributed by atoms with E-state index in [0.717, 1.165) is 18.5 Å². The molecule has 1 N–H and O–H groups in total. The van der Waals surface area contributed by atoms with E-state index < -0.39 is 6.09 Å². The highest BCUT2D eigenvalue weighted by atomic mass is 16.6. The van der Waals surface area contributed by atoms with Gasteiger partial charge in [0, 0.05) is 51.4 Å². The van der Waals surface area contributed by atoms with Crippen LogP contribution in [0.2, 0.25) is 0 Å². The van der Waals surface area contributed by atoms with Gasteiger partial charge in [-0.1, -0.05) is 19.1 Å². The number of carbonyl (C=O) groups is 2. The minimum atomic E-state index is -0.429. The normalized spacial score (nSPS) is 20.7. The van der Waals surface area contributed by atoms with E-state index in [0.29, 0.717) is 24.2 Å². The number of anilines is 1. The van der Waals surface area contributed by atoms with Crippen molar-refractivity contribution in [1.82, 2.24) is 20.0 Å². The lowest BCUT2D eigenvalue weighted by Gasteiger charge is -2.32. The molecule has 1 fully saturated rings. The molecule has 208 valence electrons. The molecular weight excluding hydrogens is 482 g/mol. The lowest BCUT2D eigenvalue weighted by molar-refractivity contribution is 0.165. The zero-order valence-corrected chi connectivity index (χ0v) is 24.2. The molecule has 2 aromatic rings. The number of likely N-dealkylation sites (tertiary alicyclic amines) is 1. The Morgan fingerprint density at radius 1 is 1.11 bits per heavy atom. The molecule has 0 spiro atoms. The number of hydrogen-bond donors (Lipinski definition) is 1. The Balaban J connectivity index is 0.000000212. The summed E-state index contributed by atoms with van der Waals surface area (Å²) in [5, 5.41) is 2.47. The number of nitrogens with one attached hydrogen (secondary N) is 1. The molecule has 2 heterocycles. The SMILES string of the molecule is CCN(C)C(=O)Oc1cccc([C@H](C)N(C)C)c1.CNC(=O)Oc1ccc2c(c1)[C@]1(C)CCN(C)[C@@H]1N2C. The van der Waals surface area contributed by atoms with Gasteiger partial charge in [0.25, 0.3) is 0 Å². The smallest absolute Gasteiger partial charge is 0.410 e. The number of ether oxygens (including phenoxy) is 2. The number of amides is 2. The summed E-state index contributed by atoms with van der Waals surface area (Å²) in [7, 11) is 11.6. The van der Waals surface area contributed by atoms with Crippen LogP contribution in [0.15, 0.2) is 42.5 Å². The van der Waals surface area contributed by atoms with Crippen LogP contribution in [0.5, 0.6) is 11.5 Å². The fraction of sp³-hybridized carbons (Fsp3) is 0.517. The highest BCUT2D eigenvalue weighted by molar-refractivity contribution is 5.72. The number of carbonyl (C=O) groups excluding carboxylic acids is 2. The summed E-state index contributed by atoms with van der Waals surface area (Å²) >= 11 is 0. The van der Waals surface area contributed by atoms with Crippen LogP contribution in [0.1, 0.15) is 44.4 Å². The van der Waals surface area contributed by atoms with Crippen LogP contribution in [0.4, 0.5) is 15.3 Å². The molecule has 0 radical (unpaired) electrons. The molecule has 2 amide bonds. The van der Waals surface area contributed by atoms with Crippen molar-refractivity contribution < 1.29 is 19.1 Å². The van der Waals surface area contributed by atoms with Gasteiger partial charge in [0.15, 0.2) is 0 Å². The van der Waals surface area contributed by atoms with E-state index in [4.69, 9.17) is 9.47 Å². The van der Waals surface area contributed by atoms with Gasteiger partial charge in [-0.2, -0.15) is 0 Å². The van der Waals surface area contributed by atoms with Gasteiger partial charge in [0.05, 0.1) is 6.17 Å². The van der Waals surface area contributed by atoms with Crippen molar-refractivity contribution in [3.63, 3.8) is 0 Å². The van der Waals surface area contributed by atoms with E-state index in [1.54, 1.807) is 20.2 Å².